The smallest absolute Gasteiger partial charge is 0.455 e. The van der Waals surface area contributed by atoms with Crippen LogP contribution in [0.3, 0.4) is 0 Å². The molecule has 7 N–H and O–H groups in total. The number of fused-ring (bicyclic) bond motifs is 5. The van der Waals surface area contributed by atoms with Gasteiger partial charge in [-0.2, -0.15) is 14.7 Å². The Bertz CT molecular complexity index is 3000. The Morgan fingerprint density at radius 2 is 1.44 bits per heavy atom. The van der Waals surface area contributed by atoms with Crippen LogP contribution in [0.25, 0.3) is 0 Å². The molecule has 78 heavy (non-hydrogen) atoms. The average Bonchev–Trinajstić information content (AvgIpc) is 3.51. The number of ether oxygens (including phenoxy) is 6. The van der Waals surface area contributed by atoms with Gasteiger partial charge in [0.1, 0.15) is 30.0 Å². The van der Waals surface area contributed by atoms with Crippen LogP contribution in [0.4, 0.5) is 5.69 Å². The van der Waals surface area contributed by atoms with E-state index in [0.717, 1.165) is 13.8 Å². The third kappa shape index (κ3) is 10.7. The maximum absolute atomic E-state index is 15.8. The summed E-state index contributed by atoms with van der Waals surface area (Å²) in [7, 11) is -3.37. The van der Waals surface area contributed by atoms with Crippen molar-refractivity contribution in [2.45, 2.75) is 115 Å². The number of hydrogen-bond acceptors (Lipinski definition) is 20. The van der Waals surface area contributed by atoms with E-state index >= 15 is 9.59 Å². The minimum absolute atomic E-state index is 0.00687. The van der Waals surface area contributed by atoms with Crippen molar-refractivity contribution in [1.82, 2.24) is 5.32 Å². The topological polar surface area (TPSA) is 309 Å². The van der Waals surface area contributed by atoms with Gasteiger partial charge in [0.25, 0.3) is 5.91 Å². The van der Waals surface area contributed by atoms with Gasteiger partial charge in [0.15, 0.2) is 23.2 Å². The van der Waals surface area contributed by atoms with Gasteiger partial charge < -0.3 is 49.3 Å². The second-order valence-corrected chi connectivity index (χ2v) is 21.9. The Balaban J connectivity index is 1.30. The summed E-state index contributed by atoms with van der Waals surface area (Å²) in [5.74, 6) is -8.95. The van der Waals surface area contributed by atoms with Crippen molar-refractivity contribution >= 4 is 55.4 Å². The predicted molar refractivity (Wildman–Crippen MR) is 275 cm³/mol. The fourth-order valence-corrected chi connectivity index (χ4v) is 12.2. The lowest BCUT2D eigenvalue weighted by atomic mass is 9.44. The van der Waals surface area contributed by atoms with E-state index in [0.29, 0.717) is 5.69 Å². The van der Waals surface area contributed by atoms with Crippen molar-refractivity contribution in [3.8, 4) is 5.75 Å². The molecule has 3 fully saturated rings. The summed E-state index contributed by atoms with van der Waals surface area (Å²) in [6.45, 7) is 7.63. The highest BCUT2D eigenvalue weighted by atomic mass is 31.2. The van der Waals surface area contributed by atoms with E-state index in [9.17, 15) is 48.9 Å². The highest BCUT2D eigenvalue weighted by Crippen LogP contribution is 2.64. The lowest BCUT2D eigenvalue weighted by Crippen LogP contribution is -2.82. The number of carbonyl (C=O) groups excluding carboxylic acids is 7. The minimum Gasteiger partial charge on any atom is -0.455 e. The summed E-state index contributed by atoms with van der Waals surface area (Å²) in [6, 6.07) is 26.1. The van der Waals surface area contributed by atoms with Gasteiger partial charge in [0.2, 0.25) is 6.10 Å². The number of hydrogen-bond donors (Lipinski definition) is 7. The molecule has 2 saturated carbocycles. The van der Waals surface area contributed by atoms with Crippen LogP contribution in [0.15, 0.2) is 120 Å². The van der Waals surface area contributed by atoms with Crippen molar-refractivity contribution < 1.29 is 91.4 Å². The monoisotopic (exact) mass is 1100 g/mol. The number of benzene rings is 4. The zero-order chi connectivity index (χ0) is 56.7. The number of ketones is 1. The van der Waals surface area contributed by atoms with Crippen molar-refractivity contribution in [3.63, 3.8) is 0 Å². The fourth-order valence-electron chi connectivity index (χ4n) is 11.7. The fraction of sp³-hybridized carbons (Fsp3) is 0.411. The number of rotatable bonds is 16. The molecule has 0 spiro atoms. The first-order chi connectivity index (χ1) is 36.7. The van der Waals surface area contributed by atoms with Gasteiger partial charge >= 0.3 is 38.0 Å². The number of nitrogens with one attached hydrogen (secondary N) is 2. The number of carbonyl (C=O) groups is 7. The second kappa shape index (κ2) is 22.0. The first kappa shape index (κ1) is 57.1. The normalized spacial score (nSPS) is 27.8. The third-order valence-corrected chi connectivity index (χ3v) is 16.1. The Hall–Kier alpha value is -7.10. The third-order valence-electron chi connectivity index (χ3n) is 15.6. The van der Waals surface area contributed by atoms with Crippen LogP contribution in [0.2, 0.25) is 0 Å². The molecule has 2 bridgehead atoms. The molecule has 414 valence electrons. The van der Waals surface area contributed by atoms with E-state index < -0.39 is 133 Å². The van der Waals surface area contributed by atoms with Crippen LogP contribution in [-0.2, 0) is 58.8 Å². The molecule has 0 aromatic heterocycles. The van der Waals surface area contributed by atoms with Crippen molar-refractivity contribution in [3.05, 3.63) is 143 Å². The molecular weight excluding hydrogens is 1040 g/mol. The highest BCUT2D eigenvalue weighted by Gasteiger charge is 2.78. The Labute approximate surface area is 449 Å². The molecule has 4 aromatic rings. The number of anilines is 1. The molecule has 11 atom stereocenters. The van der Waals surface area contributed by atoms with Gasteiger partial charge in [0, 0.05) is 56.0 Å². The van der Waals surface area contributed by atoms with Gasteiger partial charge in [-0.25, -0.2) is 9.59 Å². The molecule has 1 heterocycles. The highest BCUT2D eigenvalue weighted by molar-refractivity contribution is 7.53. The van der Waals surface area contributed by atoms with E-state index in [-0.39, 0.29) is 52.2 Å². The Morgan fingerprint density at radius 3 is 2.00 bits per heavy atom. The molecule has 22 heteroatoms. The quantitative estimate of drug-likeness (QED) is 0.0349. The summed E-state index contributed by atoms with van der Waals surface area (Å²) in [5, 5.41) is 32.0. The molecule has 1 aliphatic heterocycles. The number of aliphatic hydroxyl groups excluding tert-OH is 1. The van der Waals surface area contributed by atoms with Gasteiger partial charge in [-0.05, 0) is 73.0 Å². The molecule has 1 saturated heterocycles. The molecular formula is C56H62N2O19P+. The maximum atomic E-state index is 15.8. The molecule has 21 nitrogen and oxygen atoms in total. The summed E-state index contributed by atoms with van der Waals surface area (Å²) < 4.78 is 42.0. The number of amides is 1. The van der Waals surface area contributed by atoms with Crippen LogP contribution in [0.1, 0.15) is 92.3 Å². The molecule has 0 radical (unpaired) electrons. The van der Waals surface area contributed by atoms with Crippen molar-refractivity contribution in [1.29, 1.82) is 0 Å². The van der Waals surface area contributed by atoms with Gasteiger partial charge in [-0.15, -0.1) is 0 Å². The Kier molecular flexibility index (Phi) is 16.1. The SMILES string of the molecule is CNc1ccc(O[P+](O)(O)O)c(CC(=O)O[C@@H](C(=O)O[C@H]2C[C@@]3(O)[C@@H](OC(=O)c4ccccc4)[C@@H]4[C@]5(OC(C)=O)CO[C@@H]5C[C@H](O)[C@@]4(C)C(=O)[C@H](OC(C)=O)C(=C2C)C3(C)C)[C@@H](NC(=O)c2ccccc2)c2ccccc2)c1. The van der Waals surface area contributed by atoms with E-state index in [2.05, 4.69) is 10.6 Å². The van der Waals surface area contributed by atoms with Gasteiger partial charge in [0.05, 0.1) is 36.0 Å². The minimum atomic E-state index is -4.94. The molecule has 8 rings (SSSR count). The number of aliphatic hydroxyl groups is 2. The van der Waals surface area contributed by atoms with Crippen LogP contribution in [-0.4, -0.2) is 128 Å². The lowest BCUT2D eigenvalue weighted by Gasteiger charge is -2.67. The molecule has 4 aliphatic rings. The van der Waals surface area contributed by atoms with Crippen LogP contribution < -0.4 is 15.2 Å². The van der Waals surface area contributed by atoms with E-state index in [4.69, 9.17) is 32.9 Å². The van der Waals surface area contributed by atoms with Gasteiger partial charge in [-0.3, -0.25) is 28.5 Å². The molecule has 0 unspecified atom stereocenters. The summed E-state index contributed by atoms with van der Waals surface area (Å²) >= 11 is 0. The Morgan fingerprint density at radius 1 is 0.821 bits per heavy atom. The van der Waals surface area contributed by atoms with Crippen LogP contribution in [0.5, 0.6) is 5.75 Å². The second-order valence-electron chi connectivity index (χ2n) is 20.7. The van der Waals surface area contributed by atoms with E-state index in [1.54, 1.807) is 73.8 Å². The molecule has 1 amide bonds. The summed E-state index contributed by atoms with van der Waals surface area (Å²) in [4.78, 5) is 130. The zero-order valence-electron chi connectivity index (χ0n) is 43.7. The van der Waals surface area contributed by atoms with Gasteiger partial charge in [-0.1, -0.05) is 80.6 Å². The first-order valence-electron chi connectivity index (χ1n) is 25.0. The largest absolute Gasteiger partial charge is 0.613 e. The summed E-state index contributed by atoms with van der Waals surface area (Å²) in [5.41, 5.74) is -7.67. The van der Waals surface area contributed by atoms with Crippen molar-refractivity contribution in [2.24, 2.45) is 16.7 Å². The zero-order valence-corrected chi connectivity index (χ0v) is 44.6. The van der Waals surface area contributed by atoms with E-state index in [1.165, 1.54) is 70.2 Å². The number of Topliss-reactive ketones (excluding diaryl/α,β-unsaturated/α-hetero) is 1. The molecule has 3 aliphatic carbocycles. The predicted octanol–water partition coefficient (Wildman–Crippen LogP) is 4.60. The lowest BCUT2D eigenvalue weighted by molar-refractivity contribution is -0.346. The average molecular weight is 1100 g/mol. The maximum Gasteiger partial charge on any atom is 0.613 e. The van der Waals surface area contributed by atoms with Crippen LogP contribution >= 0.6 is 8.17 Å². The van der Waals surface area contributed by atoms with Crippen LogP contribution in [0, 0.1) is 16.7 Å². The number of esters is 5. The summed E-state index contributed by atoms with van der Waals surface area (Å²) in [6.07, 6.45) is -12.2. The first-order valence-corrected chi connectivity index (χ1v) is 26.6. The molecule has 4 aromatic carbocycles. The van der Waals surface area contributed by atoms with E-state index in [1.807, 2.05) is 0 Å². The van der Waals surface area contributed by atoms with Crippen molar-refractivity contribution in [2.75, 3.05) is 19.0 Å². The standard InChI is InChI=1S/C56H61N2O19P/c1-30-39(73-52(66)46(44(33-17-11-8-12-18-33)58-50(64)34-19-13-9-14-20-34)74-42(62)26-36-25-37(57-7)23-24-38(36)77-78(68,69)70)28-56(67)49(75-51(65)35-21-15-10-16-22-35)47-54(6,40(61)27-41-55(47,29-71-41)76-32(3)60)48(63)45(72-31(2)59)43(30)53(56,4)5/h8-25,39-41,44-47,49,57,61,67-70H,26-29H2,1-7H3/p+1/t39-,40-,41+,44-,45+,46+,47-,49-,54+,55-,56+/m0/s1.